The number of nitrogens with zero attached hydrogens (tertiary/aromatic N) is 2. The lowest BCUT2D eigenvalue weighted by Gasteiger charge is -2.32. The highest BCUT2D eigenvalue weighted by molar-refractivity contribution is 7.92. The van der Waals surface area contributed by atoms with Crippen molar-refractivity contribution in [3.8, 4) is 0 Å². The lowest BCUT2D eigenvalue weighted by atomic mass is 10.1. The number of rotatable bonds is 9. The standard InChI is InChI=1S/C21H23Cl4N3O4S/c1-4-26-21(30)13(2)27(11-15-16(23)6-5-7-17(15)24)20(29)12-28(33(3,31)32)19-10-14(22)8-9-18(19)25/h5-10,13H,4,11-12H2,1-3H3,(H,26,30)/t13-/m0/s1. The molecule has 0 bridgehead atoms. The molecule has 0 heterocycles. The number of amides is 2. The first-order chi connectivity index (χ1) is 15.4. The van der Waals surface area contributed by atoms with E-state index in [4.69, 9.17) is 46.4 Å². The van der Waals surface area contributed by atoms with Gasteiger partial charge in [0.1, 0.15) is 12.6 Å². The lowest BCUT2D eigenvalue weighted by molar-refractivity contribution is -0.139. The second-order valence-electron chi connectivity index (χ2n) is 7.16. The van der Waals surface area contributed by atoms with Gasteiger partial charge in [0.15, 0.2) is 0 Å². The Morgan fingerprint density at radius 2 is 1.64 bits per heavy atom. The number of likely N-dealkylation sites (N-methyl/N-ethyl adjacent to an activating group) is 1. The van der Waals surface area contributed by atoms with Crippen LogP contribution in [0.15, 0.2) is 36.4 Å². The molecule has 2 rings (SSSR count). The molecule has 0 radical (unpaired) electrons. The van der Waals surface area contributed by atoms with Gasteiger partial charge in [-0.2, -0.15) is 0 Å². The molecule has 2 aromatic rings. The molecule has 0 aliphatic heterocycles. The summed E-state index contributed by atoms with van der Waals surface area (Å²) in [4.78, 5) is 27.2. The Morgan fingerprint density at radius 1 is 1.03 bits per heavy atom. The third-order valence-corrected chi connectivity index (χ3v) is 7.15. The molecule has 33 heavy (non-hydrogen) atoms. The minimum Gasteiger partial charge on any atom is -0.355 e. The number of benzene rings is 2. The van der Waals surface area contributed by atoms with Gasteiger partial charge in [0.2, 0.25) is 21.8 Å². The van der Waals surface area contributed by atoms with Gasteiger partial charge in [0, 0.05) is 33.7 Å². The molecule has 0 unspecified atom stereocenters. The smallest absolute Gasteiger partial charge is 0.244 e. The van der Waals surface area contributed by atoms with Crippen LogP contribution in [0.3, 0.4) is 0 Å². The maximum absolute atomic E-state index is 13.4. The predicted molar refractivity (Wildman–Crippen MR) is 134 cm³/mol. The average molecular weight is 555 g/mol. The summed E-state index contributed by atoms with van der Waals surface area (Å²) < 4.78 is 26.0. The second kappa shape index (κ2) is 11.6. The van der Waals surface area contributed by atoms with Crippen LogP contribution in [0.4, 0.5) is 5.69 Å². The van der Waals surface area contributed by atoms with Crippen molar-refractivity contribution in [2.45, 2.75) is 26.4 Å². The fourth-order valence-electron chi connectivity index (χ4n) is 3.03. The summed E-state index contributed by atoms with van der Waals surface area (Å²) in [5.41, 5.74) is 0.471. The van der Waals surface area contributed by atoms with Gasteiger partial charge in [-0.25, -0.2) is 8.42 Å². The molecule has 7 nitrogen and oxygen atoms in total. The summed E-state index contributed by atoms with van der Waals surface area (Å²) in [5, 5.41) is 3.61. The van der Waals surface area contributed by atoms with Crippen molar-refractivity contribution in [3.05, 3.63) is 62.1 Å². The van der Waals surface area contributed by atoms with E-state index in [2.05, 4.69) is 5.32 Å². The number of anilines is 1. The van der Waals surface area contributed by atoms with Crippen LogP contribution in [0.2, 0.25) is 20.1 Å². The first-order valence-corrected chi connectivity index (χ1v) is 13.2. The number of carbonyl (C=O) groups is 2. The van der Waals surface area contributed by atoms with Crippen LogP contribution in [0.25, 0.3) is 0 Å². The molecule has 0 spiro atoms. The number of hydrogen-bond acceptors (Lipinski definition) is 4. The summed E-state index contributed by atoms with van der Waals surface area (Å²) in [6.45, 7) is 2.89. The Balaban J connectivity index is 2.49. The van der Waals surface area contributed by atoms with Crippen molar-refractivity contribution < 1.29 is 18.0 Å². The molecule has 12 heteroatoms. The molecule has 180 valence electrons. The van der Waals surface area contributed by atoms with Crippen molar-refractivity contribution in [1.29, 1.82) is 0 Å². The third-order valence-electron chi connectivity index (χ3n) is 4.76. The second-order valence-corrected chi connectivity index (χ2v) is 10.7. The maximum atomic E-state index is 13.4. The van der Waals surface area contributed by atoms with Crippen LogP contribution in [-0.2, 0) is 26.2 Å². The van der Waals surface area contributed by atoms with E-state index in [1.165, 1.54) is 30.0 Å². The molecular weight excluding hydrogens is 532 g/mol. The zero-order valence-corrected chi connectivity index (χ0v) is 22.0. The van der Waals surface area contributed by atoms with Gasteiger partial charge in [0.05, 0.1) is 17.0 Å². The molecule has 1 N–H and O–H groups in total. The average Bonchev–Trinajstić information content (AvgIpc) is 2.72. The lowest BCUT2D eigenvalue weighted by Crippen LogP contribution is -2.51. The normalized spacial score (nSPS) is 12.2. The van der Waals surface area contributed by atoms with E-state index in [-0.39, 0.29) is 22.3 Å². The molecule has 0 aliphatic rings. The molecule has 0 aliphatic carbocycles. The van der Waals surface area contributed by atoms with Crippen LogP contribution >= 0.6 is 46.4 Å². The molecule has 1 atom stereocenters. The van der Waals surface area contributed by atoms with E-state index >= 15 is 0 Å². The van der Waals surface area contributed by atoms with Crippen molar-refractivity contribution in [1.82, 2.24) is 10.2 Å². The molecule has 2 amide bonds. The van der Waals surface area contributed by atoms with E-state index in [1.54, 1.807) is 25.1 Å². The summed E-state index contributed by atoms with van der Waals surface area (Å²) in [6.07, 6.45) is 0.944. The molecule has 0 saturated heterocycles. The summed E-state index contributed by atoms with van der Waals surface area (Å²) >= 11 is 24.8. The predicted octanol–water partition coefficient (Wildman–Crippen LogP) is 4.62. The van der Waals surface area contributed by atoms with Crippen molar-refractivity contribution in [2.75, 3.05) is 23.7 Å². The van der Waals surface area contributed by atoms with Gasteiger partial charge >= 0.3 is 0 Å². The molecule has 2 aromatic carbocycles. The minimum atomic E-state index is -3.94. The largest absolute Gasteiger partial charge is 0.355 e. The molecule has 0 fully saturated rings. The summed E-state index contributed by atoms with van der Waals surface area (Å²) in [6, 6.07) is 8.20. The summed E-state index contributed by atoms with van der Waals surface area (Å²) in [5.74, 6) is -1.08. The maximum Gasteiger partial charge on any atom is 0.244 e. The third kappa shape index (κ3) is 7.13. The van der Waals surface area contributed by atoms with Crippen LogP contribution < -0.4 is 9.62 Å². The van der Waals surface area contributed by atoms with Crippen molar-refractivity contribution in [2.24, 2.45) is 0 Å². The van der Waals surface area contributed by atoms with E-state index in [0.29, 0.717) is 22.2 Å². The van der Waals surface area contributed by atoms with Gasteiger partial charge in [-0.1, -0.05) is 52.5 Å². The molecule has 0 aromatic heterocycles. The van der Waals surface area contributed by atoms with Crippen LogP contribution in [0.5, 0.6) is 0 Å². The van der Waals surface area contributed by atoms with Gasteiger partial charge in [0.25, 0.3) is 0 Å². The van der Waals surface area contributed by atoms with Crippen LogP contribution in [0.1, 0.15) is 19.4 Å². The topological polar surface area (TPSA) is 86.8 Å². The van der Waals surface area contributed by atoms with E-state index in [1.807, 2.05) is 0 Å². The number of hydrogen-bond donors (Lipinski definition) is 1. The van der Waals surface area contributed by atoms with Gasteiger partial charge in [-0.05, 0) is 44.2 Å². The number of halogens is 4. The zero-order chi connectivity index (χ0) is 24.9. The Bertz CT molecular complexity index is 1120. The number of nitrogens with one attached hydrogen (secondary N) is 1. The first kappa shape index (κ1) is 27.5. The number of carbonyl (C=O) groups excluding carboxylic acids is 2. The highest BCUT2D eigenvalue weighted by Gasteiger charge is 2.31. The first-order valence-electron chi connectivity index (χ1n) is 9.79. The van der Waals surface area contributed by atoms with Gasteiger partial charge in [-0.15, -0.1) is 0 Å². The fraction of sp³-hybridized carbons (Fsp3) is 0.333. The van der Waals surface area contributed by atoms with Crippen molar-refractivity contribution >= 4 is 73.9 Å². The van der Waals surface area contributed by atoms with E-state index in [9.17, 15) is 18.0 Å². The molecule has 0 saturated carbocycles. The summed E-state index contributed by atoms with van der Waals surface area (Å²) in [7, 11) is -3.94. The number of sulfonamides is 1. The Hall–Kier alpha value is -1.71. The van der Waals surface area contributed by atoms with Crippen LogP contribution in [0, 0.1) is 0 Å². The fourth-order valence-corrected chi connectivity index (χ4v) is 4.84. The van der Waals surface area contributed by atoms with Crippen LogP contribution in [-0.4, -0.2) is 50.5 Å². The quantitative estimate of drug-likeness (QED) is 0.490. The van der Waals surface area contributed by atoms with Gasteiger partial charge < -0.3 is 10.2 Å². The highest BCUT2D eigenvalue weighted by atomic mass is 35.5. The highest BCUT2D eigenvalue weighted by Crippen LogP contribution is 2.31. The van der Waals surface area contributed by atoms with Gasteiger partial charge in [-0.3, -0.25) is 13.9 Å². The van der Waals surface area contributed by atoms with E-state index < -0.39 is 34.4 Å². The monoisotopic (exact) mass is 553 g/mol. The van der Waals surface area contributed by atoms with E-state index in [0.717, 1.165) is 10.6 Å². The zero-order valence-electron chi connectivity index (χ0n) is 18.1. The Kier molecular flexibility index (Phi) is 9.70. The molecular formula is C21H23Cl4N3O4S. The minimum absolute atomic E-state index is 0.0430. The van der Waals surface area contributed by atoms with Crippen molar-refractivity contribution in [3.63, 3.8) is 0 Å². The Labute approximate surface area is 213 Å². The SMILES string of the molecule is CCNC(=O)[C@H](C)N(Cc1c(Cl)cccc1Cl)C(=O)CN(c1cc(Cl)ccc1Cl)S(C)(=O)=O. The Morgan fingerprint density at radius 3 is 2.18 bits per heavy atom.